The van der Waals surface area contributed by atoms with Crippen molar-refractivity contribution in [2.45, 2.75) is 32.4 Å². The Hall–Kier alpha value is -1.85. The first kappa shape index (κ1) is 15.1. The van der Waals surface area contributed by atoms with E-state index in [1.54, 1.807) is 7.11 Å². The number of benzene rings is 1. The third kappa shape index (κ3) is 2.62. The largest absolute Gasteiger partial charge is 0.496 e. The number of aromatic nitrogens is 2. The van der Waals surface area contributed by atoms with Crippen molar-refractivity contribution in [3.05, 3.63) is 35.7 Å². The summed E-state index contributed by atoms with van der Waals surface area (Å²) in [6.45, 7) is 5.17. The van der Waals surface area contributed by atoms with Crippen LogP contribution in [0.25, 0.3) is 11.4 Å². The lowest BCUT2D eigenvalue weighted by Gasteiger charge is -2.18. The second-order valence-electron chi connectivity index (χ2n) is 6.00. The molecule has 0 aliphatic carbocycles. The maximum Gasteiger partial charge on any atom is 0.143 e. The Morgan fingerprint density at radius 3 is 2.91 bits per heavy atom. The van der Waals surface area contributed by atoms with Gasteiger partial charge in [0.1, 0.15) is 11.6 Å². The van der Waals surface area contributed by atoms with E-state index in [-0.39, 0.29) is 12.6 Å². The second-order valence-corrected chi connectivity index (χ2v) is 6.00. The van der Waals surface area contributed by atoms with Crippen molar-refractivity contribution in [2.24, 2.45) is 0 Å². The summed E-state index contributed by atoms with van der Waals surface area (Å²) in [7, 11) is 1.70. The third-order valence-electron chi connectivity index (χ3n) is 4.35. The number of hydrogen-bond donors (Lipinski definition) is 2. The van der Waals surface area contributed by atoms with E-state index in [4.69, 9.17) is 4.74 Å². The minimum Gasteiger partial charge on any atom is -0.496 e. The van der Waals surface area contributed by atoms with Gasteiger partial charge < -0.3 is 19.7 Å². The fourth-order valence-corrected chi connectivity index (χ4v) is 3.36. The fourth-order valence-electron chi connectivity index (χ4n) is 3.36. The standard InChI is InChI=1S/C17H23N3O2/c1-11-6-12(2)16(22-3)15(7-11)17-18-4-5-20(17)14-8-13(10-21)19-9-14/h4-7,13-14,19,21H,8-10H2,1-3H3/t13-,14-/m0/s1. The molecule has 2 aromatic rings. The number of nitrogens with one attached hydrogen (secondary N) is 1. The van der Waals surface area contributed by atoms with Gasteiger partial charge in [0.05, 0.1) is 19.3 Å². The highest BCUT2D eigenvalue weighted by molar-refractivity contribution is 5.68. The normalized spacial score (nSPS) is 21.3. The maximum atomic E-state index is 9.32. The van der Waals surface area contributed by atoms with Crippen LogP contribution in [0.1, 0.15) is 23.6 Å². The van der Waals surface area contributed by atoms with Gasteiger partial charge >= 0.3 is 0 Å². The number of ether oxygens (including phenoxy) is 1. The van der Waals surface area contributed by atoms with Crippen LogP contribution in [0.15, 0.2) is 24.5 Å². The molecular formula is C17H23N3O2. The molecule has 3 rings (SSSR count). The first-order valence-corrected chi connectivity index (χ1v) is 7.66. The Kier molecular flexibility index (Phi) is 4.18. The van der Waals surface area contributed by atoms with E-state index in [2.05, 4.69) is 40.8 Å². The van der Waals surface area contributed by atoms with Gasteiger partial charge in [-0.2, -0.15) is 0 Å². The monoisotopic (exact) mass is 301 g/mol. The van der Waals surface area contributed by atoms with Gasteiger partial charge in [-0.15, -0.1) is 0 Å². The average Bonchev–Trinajstić information content (AvgIpc) is 3.15. The molecule has 2 atom stereocenters. The van der Waals surface area contributed by atoms with Gasteiger partial charge in [0.25, 0.3) is 0 Å². The number of hydrogen-bond acceptors (Lipinski definition) is 4. The van der Waals surface area contributed by atoms with Gasteiger partial charge in [-0.3, -0.25) is 0 Å². The molecule has 0 spiro atoms. The van der Waals surface area contributed by atoms with Crippen molar-refractivity contribution in [1.82, 2.24) is 14.9 Å². The van der Waals surface area contributed by atoms with Crippen LogP contribution < -0.4 is 10.1 Å². The molecule has 0 bridgehead atoms. The zero-order valence-electron chi connectivity index (χ0n) is 13.3. The molecule has 1 fully saturated rings. The topological polar surface area (TPSA) is 59.3 Å². The van der Waals surface area contributed by atoms with Crippen LogP contribution in [0.3, 0.4) is 0 Å². The minimum absolute atomic E-state index is 0.168. The smallest absolute Gasteiger partial charge is 0.143 e. The number of imidazole rings is 1. The molecule has 0 radical (unpaired) electrons. The molecule has 1 aliphatic heterocycles. The summed E-state index contributed by atoms with van der Waals surface area (Å²) in [5.41, 5.74) is 3.34. The number of rotatable bonds is 4. The van der Waals surface area contributed by atoms with E-state index >= 15 is 0 Å². The SMILES string of the molecule is COc1c(C)cc(C)cc1-c1nccn1[C@@H]1CN[C@H](CO)C1. The number of aliphatic hydroxyl groups is 1. The lowest BCUT2D eigenvalue weighted by molar-refractivity contribution is 0.253. The number of methoxy groups -OCH3 is 1. The first-order chi connectivity index (χ1) is 10.6. The van der Waals surface area contributed by atoms with Gasteiger partial charge in [0.2, 0.25) is 0 Å². The Labute approximate surface area is 130 Å². The summed E-state index contributed by atoms with van der Waals surface area (Å²) in [6.07, 6.45) is 4.75. The van der Waals surface area contributed by atoms with Crippen LogP contribution in [-0.4, -0.2) is 41.0 Å². The van der Waals surface area contributed by atoms with E-state index in [0.29, 0.717) is 6.04 Å². The summed E-state index contributed by atoms with van der Waals surface area (Å²) in [5, 5.41) is 12.7. The molecule has 118 valence electrons. The van der Waals surface area contributed by atoms with Crippen molar-refractivity contribution >= 4 is 0 Å². The van der Waals surface area contributed by atoms with Gasteiger partial charge in [-0.1, -0.05) is 6.07 Å². The van der Waals surface area contributed by atoms with Crippen molar-refractivity contribution in [2.75, 3.05) is 20.3 Å². The highest BCUT2D eigenvalue weighted by Gasteiger charge is 2.27. The molecule has 0 saturated carbocycles. The van der Waals surface area contributed by atoms with Crippen molar-refractivity contribution in [3.8, 4) is 17.1 Å². The summed E-state index contributed by atoms with van der Waals surface area (Å²) in [5.74, 6) is 1.80. The van der Waals surface area contributed by atoms with Gasteiger partial charge in [0.15, 0.2) is 0 Å². The Bertz CT molecular complexity index is 666. The predicted molar refractivity (Wildman–Crippen MR) is 86.2 cm³/mol. The quantitative estimate of drug-likeness (QED) is 0.907. The molecule has 5 heteroatoms. The molecule has 1 aromatic heterocycles. The summed E-state index contributed by atoms with van der Waals surface area (Å²) in [6, 6.07) is 4.71. The lowest BCUT2D eigenvalue weighted by atomic mass is 10.0. The minimum atomic E-state index is 0.168. The predicted octanol–water partition coefficient (Wildman–Crippen LogP) is 2.07. The van der Waals surface area contributed by atoms with Gasteiger partial charge in [-0.25, -0.2) is 4.98 Å². The summed E-state index contributed by atoms with van der Waals surface area (Å²) in [4.78, 5) is 4.57. The molecule has 2 N–H and O–H groups in total. The molecular weight excluding hydrogens is 278 g/mol. The number of aryl methyl sites for hydroxylation is 2. The maximum absolute atomic E-state index is 9.32. The first-order valence-electron chi connectivity index (χ1n) is 7.66. The molecule has 1 aliphatic rings. The Balaban J connectivity index is 2.02. The highest BCUT2D eigenvalue weighted by Crippen LogP contribution is 2.35. The zero-order chi connectivity index (χ0) is 15.7. The van der Waals surface area contributed by atoms with Crippen LogP contribution in [0, 0.1) is 13.8 Å². The Morgan fingerprint density at radius 2 is 2.23 bits per heavy atom. The number of aliphatic hydroxyl groups excluding tert-OH is 1. The van der Waals surface area contributed by atoms with Crippen molar-refractivity contribution in [1.29, 1.82) is 0 Å². The van der Waals surface area contributed by atoms with E-state index in [9.17, 15) is 5.11 Å². The highest BCUT2D eigenvalue weighted by atomic mass is 16.5. The Morgan fingerprint density at radius 1 is 1.41 bits per heavy atom. The third-order valence-corrected chi connectivity index (χ3v) is 4.35. The molecule has 2 heterocycles. The fraction of sp³-hybridized carbons (Fsp3) is 0.471. The van der Waals surface area contributed by atoms with E-state index < -0.39 is 0 Å². The van der Waals surface area contributed by atoms with E-state index in [1.165, 1.54) is 5.56 Å². The van der Waals surface area contributed by atoms with Crippen LogP contribution in [0.4, 0.5) is 0 Å². The molecule has 0 amide bonds. The van der Waals surface area contributed by atoms with E-state index in [0.717, 1.165) is 35.7 Å². The molecule has 22 heavy (non-hydrogen) atoms. The van der Waals surface area contributed by atoms with Gasteiger partial charge in [-0.05, 0) is 37.5 Å². The van der Waals surface area contributed by atoms with Crippen molar-refractivity contribution < 1.29 is 9.84 Å². The van der Waals surface area contributed by atoms with Crippen LogP contribution >= 0.6 is 0 Å². The van der Waals surface area contributed by atoms with Crippen LogP contribution in [0.2, 0.25) is 0 Å². The number of nitrogens with zero attached hydrogens (tertiary/aromatic N) is 2. The van der Waals surface area contributed by atoms with E-state index in [1.807, 2.05) is 12.4 Å². The second kappa shape index (κ2) is 6.10. The summed E-state index contributed by atoms with van der Waals surface area (Å²) >= 11 is 0. The van der Waals surface area contributed by atoms with Gasteiger partial charge in [0, 0.05) is 31.0 Å². The molecule has 1 saturated heterocycles. The van der Waals surface area contributed by atoms with Crippen LogP contribution in [0.5, 0.6) is 5.75 Å². The molecule has 1 aromatic carbocycles. The average molecular weight is 301 g/mol. The lowest BCUT2D eigenvalue weighted by Crippen LogP contribution is -2.24. The van der Waals surface area contributed by atoms with Crippen LogP contribution in [-0.2, 0) is 0 Å². The molecule has 0 unspecified atom stereocenters. The molecule has 5 nitrogen and oxygen atoms in total. The summed E-state index contributed by atoms with van der Waals surface area (Å²) < 4.78 is 7.80. The van der Waals surface area contributed by atoms with Crippen molar-refractivity contribution in [3.63, 3.8) is 0 Å². The zero-order valence-corrected chi connectivity index (χ0v) is 13.3.